The first-order valence-electron chi connectivity index (χ1n) is 9.14. The molecule has 0 radical (unpaired) electrons. The topological polar surface area (TPSA) is 66.5 Å². The van der Waals surface area contributed by atoms with Crippen molar-refractivity contribution >= 4 is 15.9 Å². The van der Waals surface area contributed by atoms with Gasteiger partial charge in [-0.05, 0) is 43.0 Å². The van der Waals surface area contributed by atoms with Crippen LogP contribution in [0.2, 0.25) is 0 Å². The van der Waals surface area contributed by atoms with Crippen molar-refractivity contribution < 1.29 is 17.6 Å². The van der Waals surface area contributed by atoms with E-state index in [-0.39, 0.29) is 29.5 Å². The molecule has 1 saturated carbocycles. The van der Waals surface area contributed by atoms with Gasteiger partial charge in [0.15, 0.2) is 0 Å². The summed E-state index contributed by atoms with van der Waals surface area (Å²) in [4.78, 5) is 14.4. The van der Waals surface area contributed by atoms with Crippen LogP contribution in [0.25, 0.3) is 0 Å². The number of hydrogen-bond donors (Lipinski definition) is 1. The van der Waals surface area contributed by atoms with Crippen LogP contribution in [0.1, 0.15) is 28.8 Å². The number of sulfonamides is 1. The molecule has 1 N–H and O–H groups in total. The molecule has 0 bridgehead atoms. The van der Waals surface area contributed by atoms with Crippen molar-refractivity contribution in [2.45, 2.75) is 24.3 Å². The number of benzene rings is 2. The number of nitrogens with one attached hydrogen (secondary N) is 1. The number of nitrogens with zero attached hydrogens (tertiary/aromatic N) is 1. The van der Waals surface area contributed by atoms with Gasteiger partial charge in [0.2, 0.25) is 10.0 Å². The van der Waals surface area contributed by atoms with Crippen LogP contribution in [0.3, 0.4) is 0 Å². The lowest BCUT2D eigenvalue weighted by Crippen LogP contribution is -2.31. The van der Waals surface area contributed by atoms with E-state index >= 15 is 0 Å². The van der Waals surface area contributed by atoms with Crippen molar-refractivity contribution in [1.82, 2.24) is 9.62 Å². The molecule has 1 aliphatic rings. The highest BCUT2D eigenvalue weighted by Gasteiger charge is 2.25. The maximum absolute atomic E-state index is 14.0. The van der Waals surface area contributed by atoms with E-state index in [9.17, 15) is 17.6 Å². The Morgan fingerprint density at radius 1 is 1.21 bits per heavy atom. The third-order valence-electron chi connectivity index (χ3n) is 4.61. The van der Waals surface area contributed by atoms with Gasteiger partial charge in [-0.25, -0.2) is 17.5 Å². The molecule has 28 heavy (non-hydrogen) atoms. The van der Waals surface area contributed by atoms with E-state index in [1.165, 1.54) is 29.2 Å². The Morgan fingerprint density at radius 2 is 1.96 bits per heavy atom. The standard InChI is InChI=1S/C21H23FN2O3S/c1-2-12-24(15-18-6-3-4-9-20(18)22)21(25)17-7-5-8-19(13-17)28(26,27)23-14-16-10-11-16/h2-9,13,16,23H,1,10-12,14-15H2. The van der Waals surface area contributed by atoms with E-state index < -0.39 is 15.8 Å². The first-order valence-corrected chi connectivity index (χ1v) is 10.6. The fraction of sp³-hybridized carbons (Fsp3) is 0.286. The van der Waals surface area contributed by atoms with Gasteiger partial charge in [-0.2, -0.15) is 0 Å². The summed E-state index contributed by atoms with van der Waals surface area (Å²) in [6.45, 7) is 4.34. The Morgan fingerprint density at radius 3 is 2.64 bits per heavy atom. The number of amides is 1. The molecule has 7 heteroatoms. The van der Waals surface area contributed by atoms with Crippen LogP contribution in [-0.2, 0) is 16.6 Å². The molecule has 2 aromatic rings. The largest absolute Gasteiger partial charge is 0.331 e. The van der Waals surface area contributed by atoms with Crippen molar-refractivity contribution in [3.63, 3.8) is 0 Å². The van der Waals surface area contributed by atoms with Crippen LogP contribution in [0.15, 0.2) is 66.1 Å². The van der Waals surface area contributed by atoms with Crippen molar-refractivity contribution in [2.75, 3.05) is 13.1 Å². The molecule has 0 aliphatic heterocycles. The molecule has 0 spiro atoms. The second-order valence-electron chi connectivity index (χ2n) is 6.89. The Labute approximate surface area is 164 Å². The van der Waals surface area contributed by atoms with E-state index in [0.717, 1.165) is 12.8 Å². The summed E-state index contributed by atoms with van der Waals surface area (Å²) in [7, 11) is -3.68. The first-order chi connectivity index (χ1) is 13.4. The minimum absolute atomic E-state index is 0.0449. The molecule has 0 unspecified atom stereocenters. The molecule has 0 atom stereocenters. The number of rotatable bonds is 9. The van der Waals surface area contributed by atoms with Gasteiger partial charge >= 0.3 is 0 Å². The average molecular weight is 402 g/mol. The minimum Gasteiger partial charge on any atom is -0.331 e. The molecule has 1 fully saturated rings. The van der Waals surface area contributed by atoms with Gasteiger partial charge in [0, 0.05) is 30.8 Å². The molecular formula is C21H23FN2O3S. The highest BCUT2D eigenvalue weighted by molar-refractivity contribution is 7.89. The lowest BCUT2D eigenvalue weighted by molar-refractivity contribution is 0.0761. The second-order valence-corrected chi connectivity index (χ2v) is 8.66. The van der Waals surface area contributed by atoms with Gasteiger partial charge in [-0.3, -0.25) is 4.79 Å². The molecule has 0 heterocycles. The Bertz CT molecular complexity index is 971. The Kier molecular flexibility index (Phi) is 6.26. The molecule has 0 saturated heterocycles. The van der Waals surface area contributed by atoms with Crippen LogP contribution in [-0.4, -0.2) is 32.3 Å². The quantitative estimate of drug-likeness (QED) is 0.654. The fourth-order valence-electron chi connectivity index (χ4n) is 2.82. The number of carbonyl (C=O) groups excluding carboxylic acids is 1. The minimum atomic E-state index is -3.68. The van der Waals surface area contributed by atoms with Gasteiger partial charge in [0.25, 0.3) is 5.91 Å². The van der Waals surface area contributed by atoms with E-state index in [4.69, 9.17) is 0 Å². The highest BCUT2D eigenvalue weighted by Crippen LogP contribution is 2.28. The normalized spacial score (nSPS) is 13.9. The predicted molar refractivity (Wildman–Crippen MR) is 106 cm³/mol. The van der Waals surface area contributed by atoms with Crippen molar-refractivity contribution in [1.29, 1.82) is 0 Å². The molecule has 148 valence electrons. The van der Waals surface area contributed by atoms with Crippen LogP contribution in [0.4, 0.5) is 4.39 Å². The Balaban J connectivity index is 1.80. The third kappa shape index (κ3) is 5.05. The number of carbonyl (C=O) groups is 1. The zero-order chi connectivity index (χ0) is 20.1. The fourth-order valence-corrected chi connectivity index (χ4v) is 3.98. The second kappa shape index (κ2) is 8.67. The monoisotopic (exact) mass is 402 g/mol. The van der Waals surface area contributed by atoms with Crippen LogP contribution in [0, 0.1) is 11.7 Å². The van der Waals surface area contributed by atoms with E-state index in [0.29, 0.717) is 18.0 Å². The SMILES string of the molecule is C=CCN(Cc1ccccc1F)C(=O)c1cccc(S(=O)(=O)NCC2CC2)c1. The average Bonchev–Trinajstić information content (AvgIpc) is 3.52. The van der Waals surface area contributed by atoms with Gasteiger partial charge < -0.3 is 4.90 Å². The van der Waals surface area contributed by atoms with Crippen molar-refractivity contribution in [3.05, 3.63) is 78.1 Å². The zero-order valence-corrected chi connectivity index (χ0v) is 16.3. The summed E-state index contributed by atoms with van der Waals surface area (Å²) >= 11 is 0. The lowest BCUT2D eigenvalue weighted by atomic mass is 10.1. The highest BCUT2D eigenvalue weighted by atomic mass is 32.2. The maximum atomic E-state index is 14.0. The summed E-state index contributed by atoms with van der Waals surface area (Å²) in [5.74, 6) is -0.379. The van der Waals surface area contributed by atoms with Crippen molar-refractivity contribution in [2.24, 2.45) is 5.92 Å². The van der Waals surface area contributed by atoms with Gasteiger partial charge in [-0.15, -0.1) is 6.58 Å². The van der Waals surface area contributed by atoms with Crippen LogP contribution < -0.4 is 4.72 Å². The summed E-state index contributed by atoms with van der Waals surface area (Å²) in [5.41, 5.74) is 0.611. The molecule has 1 aliphatic carbocycles. The molecule has 1 amide bonds. The summed E-state index contributed by atoms with van der Waals surface area (Å²) in [6.07, 6.45) is 3.62. The first kappa shape index (κ1) is 20.2. The van der Waals surface area contributed by atoms with Gasteiger partial charge in [-0.1, -0.05) is 30.3 Å². The molecular weight excluding hydrogens is 379 g/mol. The molecule has 3 rings (SSSR count). The van der Waals surface area contributed by atoms with Crippen molar-refractivity contribution in [3.8, 4) is 0 Å². The lowest BCUT2D eigenvalue weighted by Gasteiger charge is -2.22. The number of hydrogen-bond acceptors (Lipinski definition) is 3. The van der Waals surface area contributed by atoms with Gasteiger partial charge in [0.05, 0.1) is 4.90 Å². The zero-order valence-electron chi connectivity index (χ0n) is 15.5. The van der Waals surface area contributed by atoms with Crippen LogP contribution in [0.5, 0.6) is 0 Å². The molecule has 0 aromatic heterocycles. The maximum Gasteiger partial charge on any atom is 0.254 e. The summed E-state index contributed by atoms with van der Waals surface area (Å²) < 4.78 is 41.5. The van der Waals surface area contributed by atoms with E-state index in [1.54, 1.807) is 30.3 Å². The molecule has 2 aromatic carbocycles. The number of halogens is 1. The molecule has 5 nitrogen and oxygen atoms in total. The summed E-state index contributed by atoms with van der Waals surface area (Å²) in [6, 6.07) is 12.1. The third-order valence-corrected chi connectivity index (χ3v) is 6.03. The van der Waals surface area contributed by atoms with E-state index in [1.807, 2.05) is 0 Å². The summed E-state index contributed by atoms with van der Waals surface area (Å²) in [5, 5.41) is 0. The van der Waals surface area contributed by atoms with Gasteiger partial charge in [0.1, 0.15) is 5.82 Å². The predicted octanol–water partition coefficient (Wildman–Crippen LogP) is 3.34. The smallest absolute Gasteiger partial charge is 0.254 e. The Hall–Kier alpha value is -2.51. The van der Waals surface area contributed by atoms with Crippen LogP contribution >= 0.6 is 0 Å². The van der Waals surface area contributed by atoms with E-state index in [2.05, 4.69) is 11.3 Å².